The van der Waals surface area contributed by atoms with Crippen LogP contribution in [0.15, 0.2) is 0 Å². The van der Waals surface area contributed by atoms with Crippen LogP contribution >= 0.6 is 0 Å². The molecule has 3 amide bonds. The Morgan fingerprint density at radius 1 is 1.15 bits per heavy atom. The van der Waals surface area contributed by atoms with Crippen LogP contribution in [0.2, 0.25) is 0 Å². The fourth-order valence-corrected chi connectivity index (χ4v) is 3.81. The van der Waals surface area contributed by atoms with Crippen LogP contribution < -0.4 is 5.32 Å². The largest absolute Gasteiger partial charge is 0.395 e. The number of nitrogens with one attached hydrogen (secondary N) is 1. The topological polar surface area (TPSA) is 72.9 Å². The fraction of sp³-hybridized carbons (Fsp3) is 0.857. The lowest BCUT2D eigenvalue weighted by atomic mass is 9.69. The SMILES string of the molecule is CN1C(C)(C)CC2(CC1(C)C)NC(=O)N(CCO)C2=O. The normalized spacial score (nSPS) is 28.0. The second-order valence-electron chi connectivity index (χ2n) is 7.23. The minimum atomic E-state index is -0.842. The number of imide groups is 1. The lowest BCUT2D eigenvalue weighted by Crippen LogP contribution is -2.68. The highest BCUT2D eigenvalue weighted by Crippen LogP contribution is 2.44. The van der Waals surface area contributed by atoms with E-state index < -0.39 is 5.54 Å². The Hall–Kier alpha value is -1.14. The number of hydrogen-bond donors (Lipinski definition) is 2. The predicted molar refractivity (Wildman–Crippen MR) is 75.2 cm³/mol. The minimum Gasteiger partial charge on any atom is -0.395 e. The average molecular weight is 283 g/mol. The number of nitrogens with zero attached hydrogens (tertiary/aromatic N) is 2. The third kappa shape index (κ3) is 2.11. The van der Waals surface area contributed by atoms with Gasteiger partial charge in [-0.3, -0.25) is 14.6 Å². The fourth-order valence-electron chi connectivity index (χ4n) is 3.81. The van der Waals surface area contributed by atoms with Crippen LogP contribution in [-0.4, -0.2) is 63.7 Å². The van der Waals surface area contributed by atoms with Crippen molar-refractivity contribution in [2.75, 3.05) is 20.2 Å². The molecule has 0 aromatic heterocycles. The van der Waals surface area contributed by atoms with Crippen molar-refractivity contribution in [3.8, 4) is 0 Å². The van der Waals surface area contributed by atoms with Crippen molar-refractivity contribution in [3.05, 3.63) is 0 Å². The number of aliphatic hydroxyl groups excluding tert-OH is 1. The van der Waals surface area contributed by atoms with Gasteiger partial charge in [0.15, 0.2) is 0 Å². The summed E-state index contributed by atoms with van der Waals surface area (Å²) < 4.78 is 0. The highest BCUT2D eigenvalue weighted by molar-refractivity contribution is 6.07. The summed E-state index contributed by atoms with van der Waals surface area (Å²) in [7, 11) is 2.06. The van der Waals surface area contributed by atoms with Gasteiger partial charge >= 0.3 is 6.03 Å². The van der Waals surface area contributed by atoms with Crippen molar-refractivity contribution in [1.82, 2.24) is 15.1 Å². The van der Waals surface area contributed by atoms with Gasteiger partial charge < -0.3 is 10.4 Å². The molecule has 6 nitrogen and oxygen atoms in total. The smallest absolute Gasteiger partial charge is 0.325 e. The summed E-state index contributed by atoms with van der Waals surface area (Å²) in [5.74, 6) is -0.203. The Morgan fingerprint density at radius 3 is 2.10 bits per heavy atom. The zero-order valence-corrected chi connectivity index (χ0v) is 13.0. The van der Waals surface area contributed by atoms with Crippen molar-refractivity contribution in [2.24, 2.45) is 0 Å². The molecule has 2 fully saturated rings. The van der Waals surface area contributed by atoms with Gasteiger partial charge in [-0.1, -0.05) is 0 Å². The molecule has 114 valence electrons. The van der Waals surface area contributed by atoms with Gasteiger partial charge in [-0.05, 0) is 47.6 Å². The molecule has 0 aromatic rings. The van der Waals surface area contributed by atoms with Gasteiger partial charge in [-0.2, -0.15) is 0 Å². The Labute approximate surface area is 120 Å². The van der Waals surface area contributed by atoms with Crippen molar-refractivity contribution in [2.45, 2.75) is 57.2 Å². The van der Waals surface area contributed by atoms with E-state index in [0.29, 0.717) is 12.8 Å². The van der Waals surface area contributed by atoms with E-state index in [4.69, 9.17) is 5.11 Å². The molecule has 0 saturated carbocycles. The molecule has 2 rings (SSSR count). The molecule has 2 aliphatic heterocycles. The Morgan fingerprint density at radius 2 is 1.65 bits per heavy atom. The number of urea groups is 1. The van der Waals surface area contributed by atoms with Crippen LogP contribution in [0.3, 0.4) is 0 Å². The molecule has 0 radical (unpaired) electrons. The molecule has 2 aliphatic rings. The summed E-state index contributed by atoms with van der Waals surface area (Å²) >= 11 is 0. The predicted octanol–water partition coefficient (Wildman–Crippen LogP) is 0.552. The molecule has 2 heterocycles. The molecule has 0 aromatic carbocycles. The lowest BCUT2D eigenvalue weighted by Gasteiger charge is -2.56. The summed E-state index contributed by atoms with van der Waals surface area (Å²) in [6, 6.07) is -0.389. The third-order valence-electron chi connectivity index (χ3n) is 4.85. The van der Waals surface area contributed by atoms with Gasteiger partial charge in [0.25, 0.3) is 5.91 Å². The second-order valence-corrected chi connectivity index (χ2v) is 7.23. The number of likely N-dealkylation sites (tertiary alicyclic amines) is 1. The molecule has 2 saturated heterocycles. The van der Waals surface area contributed by atoms with Crippen LogP contribution in [0.1, 0.15) is 40.5 Å². The third-order valence-corrected chi connectivity index (χ3v) is 4.85. The summed E-state index contributed by atoms with van der Waals surface area (Å²) in [6.45, 7) is 8.20. The van der Waals surface area contributed by atoms with E-state index in [1.807, 2.05) is 0 Å². The van der Waals surface area contributed by atoms with Crippen LogP contribution in [0.4, 0.5) is 4.79 Å². The van der Waals surface area contributed by atoms with E-state index in [2.05, 4.69) is 45.0 Å². The number of β-amino-alcohol motifs (C(OH)–C–C–N with tert-alkyl or cyclic N) is 1. The van der Waals surface area contributed by atoms with Crippen LogP contribution in [0, 0.1) is 0 Å². The minimum absolute atomic E-state index is 0.0586. The number of aliphatic hydroxyl groups is 1. The Bertz CT molecular complexity index is 427. The first kappa shape index (κ1) is 15.3. The van der Waals surface area contributed by atoms with Gasteiger partial charge in [0.2, 0.25) is 0 Å². The molecule has 0 aliphatic carbocycles. The van der Waals surface area contributed by atoms with E-state index >= 15 is 0 Å². The van der Waals surface area contributed by atoms with Crippen LogP contribution in [-0.2, 0) is 4.79 Å². The molecule has 0 unspecified atom stereocenters. The molecule has 1 spiro atoms. The maximum absolute atomic E-state index is 12.7. The van der Waals surface area contributed by atoms with Crippen molar-refractivity contribution >= 4 is 11.9 Å². The summed E-state index contributed by atoms with van der Waals surface area (Å²) in [5.41, 5.74) is -1.23. The number of amides is 3. The zero-order valence-electron chi connectivity index (χ0n) is 13.0. The van der Waals surface area contributed by atoms with Gasteiger partial charge in [-0.25, -0.2) is 4.79 Å². The molecule has 0 atom stereocenters. The quantitative estimate of drug-likeness (QED) is 0.726. The first-order valence-electron chi connectivity index (χ1n) is 7.05. The van der Waals surface area contributed by atoms with Crippen molar-refractivity contribution in [1.29, 1.82) is 0 Å². The van der Waals surface area contributed by atoms with E-state index in [1.165, 1.54) is 0 Å². The first-order chi connectivity index (χ1) is 9.06. The Balaban J connectivity index is 2.37. The highest BCUT2D eigenvalue weighted by Gasteiger charge is 2.60. The van der Waals surface area contributed by atoms with Crippen molar-refractivity contribution in [3.63, 3.8) is 0 Å². The summed E-state index contributed by atoms with van der Waals surface area (Å²) in [6.07, 6.45) is 1.15. The second kappa shape index (κ2) is 4.43. The Kier molecular flexibility index (Phi) is 3.38. The van der Waals surface area contributed by atoms with Crippen LogP contribution in [0.25, 0.3) is 0 Å². The molecule has 0 bridgehead atoms. The van der Waals surface area contributed by atoms with E-state index in [-0.39, 0.29) is 36.2 Å². The van der Waals surface area contributed by atoms with Crippen LogP contribution in [0.5, 0.6) is 0 Å². The number of rotatable bonds is 2. The van der Waals surface area contributed by atoms with Gasteiger partial charge in [0.1, 0.15) is 5.54 Å². The average Bonchev–Trinajstić information content (AvgIpc) is 2.50. The number of hydrogen-bond acceptors (Lipinski definition) is 4. The molecular formula is C14H25N3O3. The van der Waals surface area contributed by atoms with E-state index in [0.717, 1.165) is 4.90 Å². The lowest BCUT2D eigenvalue weighted by molar-refractivity contribution is -0.139. The molecular weight excluding hydrogens is 258 g/mol. The zero-order chi connectivity index (χ0) is 15.3. The maximum Gasteiger partial charge on any atom is 0.325 e. The monoisotopic (exact) mass is 283 g/mol. The van der Waals surface area contributed by atoms with Gasteiger partial charge in [-0.15, -0.1) is 0 Å². The number of piperidine rings is 1. The number of carbonyl (C=O) groups excluding carboxylic acids is 2. The first-order valence-corrected chi connectivity index (χ1v) is 7.05. The van der Waals surface area contributed by atoms with Gasteiger partial charge in [0.05, 0.1) is 13.2 Å². The molecule has 6 heteroatoms. The number of carbonyl (C=O) groups is 2. The van der Waals surface area contributed by atoms with E-state index in [1.54, 1.807) is 0 Å². The van der Waals surface area contributed by atoms with E-state index in [9.17, 15) is 9.59 Å². The summed E-state index contributed by atoms with van der Waals surface area (Å²) in [4.78, 5) is 28.1. The molecule has 2 N–H and O–H groups in total. The van der Waals surface area contributed by atoms with Gasteiger partial charge in [0, 0.05) is 11.1 Å². The van der Waals surface area contributed by atoms with Crippen molar-refractivity contribution < 1.29 is 14.7 Å². The summed E-state index contributed by atoms with van der Waals surface area (Å²) in [5, 5.41) is 11.9. The standard InChI is InChI=1S/C14H25N3O3/c1-12(2)8-14(9-13(3,4)16(12)5)10(19)17(6-7-18)11(20)15-14/h18H,6-9H2,1-5H3,(H,15,20). The molecule has 20 heavy (non-hydrogen) atoms. The maximum atomic E-state index is 12.7. The highest BCUT2D eigenvalue weighted by atomic mass is 16.3.